The lowest BCUT2D eigenvalue weighted by Gasteiger charge is -1.92. The van der Waals surface area contributed by atoms with E-state index in [0.29, 0.717) is 0 Å². The molecule has 22 heavy (non-hydrogen) atoms. The average molecular weight is 296 g/mol. The summed E-state index contributed by atoms with van der Waals surface area (Å²) in [6.07, 6.45) is 0. The Morgan fingerprint density at radius 3 is 0.682 bits per heavy atom. The van der Waals surface area contributed by atoms with Gasteiger partial charge in [-0.1, -0.05) is 48.5 Å². The zero-order valence-corrected chi connectivity index (χ0v) is 11.6. The molecule has 8 nitrogen and oxygen atoms in total. The Morgan fingerprint density at radius 1 is 0.409 bits per heavy atom. The maximum Gasteiger partial charge on any atom is 0.0831 e. The van der Waals surface area contributed by atoms with Crippen molar-refractivity contribution in [2.75, 3.05) is 0 Å². The third-order valence-electron chi connectivity index (χ3n) is 1.66. The molecular formula is C14H16N8. The van der Waals surface area contributed by atoms with Crippen molar-refractivity contribution in [3.63, 3.8) is 0 Å². The first kappa shape index (κ1) is 23.3. The van der Waals surface area contributed by atoms with E-state index in [-0.39, 0.29) is 0 Å². The molecule has 0 radical (unpaired) electrons. The molecule has 0 saturated carbocycles. The third kappa shape index (κ3) is 18.6. The minimum atomic E-state index is 1.25. The van der Waals surface area contributed by atoms with E-state index in [1.807, 2.05) is 0 Å². The molecule has 8 N–H and O–H groups in total. The lowest BCUT2D eigenvalue weighted by atomic mass is 10.1. The van der Waals surface area contributed by atoms with Gasteiger partial charge in [-0.25, -0.2) is 43.3 Å². The molecule has 0 heterocycles. The maximum absolute atomic E-state index is 5.62. The van der Waals surface area contributed by atoms with Gasteiger partial charge in [0.2, 0.25) is 0 Å². The Balaban J connectivity index is -0.000000254. The monoisotopic (exact) mass is 296 g/mol. The van der Waals surface area contributed by atoms with Crippen LogP contribution in [0.25, 0.3) is 10.8 Å². The first-order valence-corrected chi connectivity index (χ1v) is 5.40. The van der Waals surface area contributed by atoms with E-state index in [2.05, 4.69) is 48.5 Å². The molecule has 2 rings (SSSR count). The second kappa shape index (κ2) is 22.4. The molecule has 0 aliphatic heterocycles. The van der Waals surface area contributed by atoms with Gasteiger partial charge in [-0.2, -0.15) is 0 Å². The van der Waals surface area contributed by atoms with Gasteiger partial charge in [0, 0.05) is 0 Å². The van der Waals surface area contributed by atoms with Crippen LogP contribution >= 0.6 is 0 Å². The molecule has 0 aliphatic rings. The van der Waals surface area contributed by atoms with Gasteiger partial charge in [-0.3, -0.25) is 0 Å². The predicted octanol–water partition coefficient (Wildman–Crippen LogP) is 4.11. The summed E-state index contributed by atoms with van der Waals surface area (Å²) < 4.78 is 0. The molecule has 0 fully saturated rings. The molecule has 112 valence electrons. The van der Waals surface area contributed by atoms with Gasteiger partial charge in [0.1, 0.15) is 0 Å². The van der Waals surface area contributed by atoms with Crippen LogP contribution in [0.2, 0.25) is 0 Å². The molecule has 0 spiro atoms. The number of hydrogen-bond donors (Lipinski definition) is 8. The summed E-state index contributed by atoms with van der Waals surface area (Å²) in [7, 11) is 0. The van der Waals surface area contributed by atoms with Crippen LogP contribution in [0, 0.1) is 43.3 Å². The van der Waals surface area contributed by atoms with Gasteiger partial charge < -0.3 is 0 Å². The van der Waals surface area contributed by atoms with E-state index < -0.39 is 0 Å². The standard InChI is InChI=1S/C10H8.4CH2N2/c1-2-6-10-8-4-3-7-9(10)5-1;4*2-1-3/h1-8H;4*2-3H. The van der Waals surface area contributed by atoms with Crippen molar-refractivity contribution in [1.82, 2.24) is 0 Å². The summed E-state index contributed by atoms with van der Waals surface area (Å²) in [5.41, 5.74) is 0. The van der Waals surface area contributed by atoms with Gasteiger partial charge in [0.15, 0.2) is 0 Å². The minimum absolute atomic E-state index is 1.25. The van der Waals surface area contributed by atoms with Crippen molar-refractivity contribution < 1.29 is 0 Å². The smallest absolute Gasteiger partial charge is 0.0831 e. The fraction of sp³-hybridized carbons (Fsp3) is 0. The Hall–Kier alpha value is -3.78. The Labute approximate surface area is 127 Å². The van der Waals surface area contributed by atoms with E-state index in [0.717, 1.165) is 0 Å². The van der Waals surface area contributed by atoms with E-state index in [1.54, 1.807) is 0 Å². The summed E-state index contributed by atoms with van der Waals surface area (Å²) >= 11 is 0. The lowest BCUT2D eigenvalue weighted by molar-refractivity contribution is 1.47. The molecule has 0 unspecified atom stereocenters. The summed E-state index contributed by atoms with van der Waals surface area (Å²) in [6.45, 7) is 0. The number of rotatable bonds is 0. The van der Waals surface area contributed by atoms with Gasteiger partial charge in [-0.15, -0.1) is 0 Å². The molecular weight excluding hydrogens is 280 g/mol. The number of nitrogens with one attached hydrogen (secondary N) is 8. The topological polar surface area (TPSA) is 191 Å². The van der Waals surface area contributed by atoms with Crippen molar-refractivity contribution in [2.45, 2.75) is 0 Å². The highest BCUT2D eigenvalue weighted by Crippen LogP contribution is 2.11. The second-order valence-corrected chi connectivity index (χ2v) is 2.85. The Morgan fingerprint density at radius 2 is 0.545 bits per heavy atom. The molecule has 2 aromatic rings. The first-order valence-electron chi connectivity index (χ1n) is 5.40. The molecule has 0 amide bonds. The van der Waals surface area contributed by atoms with E-state index in [1.165, 1.54) is 34.8 Å². The summed E-state index contributed by atoms with van der Waals surface area (Å²) in [6, 6.07) is 21.7. The number of benzene rings is 2. The Bertz CT molecular complexity index is 540. The lowest BCUT2D eigenvalue weighted by Crippen LogP contribution is -1.67. The van der Waals surface area contributed by atoms with Crippen LogP contribution in [0.1, 0.15) is 0 Å². The van der Waals surface area contributed by atoms with Crippen molar-refractivity contribution in [1.29, 1.82) is 43.3 Å². The first-order chi connectivity index (χ1) is 10.6. The van der Waals surface area contributed by atoms with Gasteiger partial charge in [0.05, 0.1) is 24.0 Å². The van der Waals surface area contributed by atoms with Gasteiger partial charge in [-0.05, 0) is 10.8 Å². The molecule has 0 bridgehead atoms. The maximum atomic E-state index is 5.62. The molecule has 8 heteroatoms. The normalized spacial score (nSPS) is 6.00. The largest absolute Gasteiger partial charge is 0.242 e. The van der Waals surface area contributed by atoms with Gasteiger partial charge >= 0.3 is 0 Å². The van der Waals surface area contributed by atoms with Crippen LogP contribution in [0.5, 0.6) is 0 Å². The average Bonchev–Trinajstić information content (AvgIpc) is 2.51. The van der Waals surface area contributed by atoms with Crippen LogP contribution in [0.4, 0.5) is 0 Å². The summed E-state index contributed by atoms with van der Waals surface area (Å²) in [5, 5.41) is 47.6. The van der Waals surface area contributed by atoms with E-state index >= 15 is 0 Å². The molecule has 0 atom stereocenters. The highest BCUT2D eigenvalue weighted by Gasteiger charge is 1.85. The van der Waals surface area contributed by atoms with Crippen molar-refractivity contribution >= 4 is 34.8 Å². The van der Waals surface area contributed by atoms with Gasteiger partial charge in [0.25, 0.3) is 0 Å². The predicted molar refractivity (Wildman–Crippen MR) is 85.7 cm³/mol. The summed E-state index contributed by atoms with van der Waals surface area (Å²) in [4.78, 5) is 0. The highest BCUT2D eigenvalue weighted by molar-refractivity contribution is 5.81. The fourth-order valence-electron chi connectivity index (χ4n) is 1.13. The van der Waals surface area contributed by atoms with Crippen LogP contribution in [-0.4, -0.2) is 24.0 Å². The zero-order chi connectivity index (χ0) is 17.6. The van der Waals surface area contributed by atoms with Crippen LogP contribution < -0.4 is 0 Å². The highest BCUT2D eigenvalue weighted by atomic mass is 14.4. The molecule has 0 aromatic heterocycles. The quantitative estimate of drug-likeness (QED) is 0.325. The molecule has 0 aliphatic carbocycles. The SMILES string of the molecule is N=C=N.N=C=N.N=C=N.N=C=N.c1ccc2ccccc2c1. The fourth-order valence-corrected chi connectivity index (χ4v) is 1.13. The second-order valence-electron chi connectivity index (χ2n) is 2.85. The number of hydrogen-bond acceptors (Lipinski definition) is 8. The summed E-state index contributed by atoms with van der Waals surface area (Å²) in [5.74, 6) is 0. The molecule has 0 saturated heterocycles. The van der Waals surface area contributed by atoms with Crippen molar-refractivity contribution in [2.24, 2.45) is 0 Å². The van der Waals surface area contributed by atoms with E-state index in [4.69, 9.17) is 43.3 Å². The number of fused-ring (bicyclic) bond motifs is 1. The zero-order valence-electron chi connectivity index (χ0n) is 11.6. The van der Waals surface area contributed by atoms with Crippen LogP contribution in [0.3, 0.4) is 0 Å². The minimum Gasteiger partial charge on any atom is -0.242 e. The van der Waals surface area contributed by atoms with Crippen LogP contribution in [0.15, 0.2) is 48.5 Å². The van der Waals surface area contributed by atoms with Crippen LogP contribution in [-0.2, 0) is 0 Å². The van der Waals surface area contributed by atoms with Crippen molar-refractivity contribution in [3.8, 4) is 0 Å². The third-order valence-corrected chi connectivity index (χ3v) is 1.66. The van der Waals surface area contributed by atoms with Crippen molar-refractivity contribution in [3.05, 3.63) is 48.5 Å². The van der Waals surface area contributed by atoms with E-state index in [9.17, 15) is 0 Å². The molecule has 2 aromatic carbocycles. The Kier molecular flexibility index (Phi) is 23.8.